The molecule has 20 heavy (non-hydrogen) atoms. The number of hydrogen-bond donors (Lipinski definition) is 1. The molecule has 0 radical (unpaired) electrons. The van der Waals surface area contributed by atoms with Crippen molar-refractivity contribution < 1.29 is 4.74 Å². The van der Waals surface area contributed by atoms with E-state index in [0.717, 1.165) is 38.5 Å². The topological polar surface area (TPSA) is 24.5 Å². The minimum atomic E-state index is 0.197. The summed E-state index contributed by atoms with van der Waals surface area (Å²) in [4.78, 5) is 2.50. The Hall–Kier alpha value is -1.06. The molecule has 3 heteroatoms. The highest BCUT2D eigenvalue weighted by atomic mass is 16.5. The minimum absolute atomic E-state index is 0.197. The lowest BCUT2D eigenvalue weighted by Crippen LogP contribution is -2.41. The van der Waals surface area contributed by atoms with Crippen LogP contribution in [-0.4, -0.2) is 36.7 Å². The predicted octanol–water partition coefficient (Wildman–Crippen LogP) is 2.91. The third-order valence-corrected chi connectivity index (χ3v) is 3.58. The van der Waals surface area contributed by atoms with Crippen molar-refractivity contribution in [2.24, 2.45) is 5.92 Å². The van der Waals surface area contributed by atoms with Crippen molar-refractivity contribution >= 4 is 0 Å². The zero-order chi connectivity index (χ0) is 14.6. The molecule has 1 aromatic carbocycles. The van der Waals surface area contributed by atoms with Gasteiger partial charge in [-0.1, -0.05) is 25.1 Å². The van der Waals surface area contributed by atoms with Gasteiger partial charge in [0.1, 0.15) is 12.4 Å². The van der Waals surface area contributed by atoms with E-state index in [0.29, 0.717) is 5.92 Å². The quantitative estimate of drug-likeness (QED) is 0.915. The Labute approximate surface area is 123 Å². The molecule has 0 amide bonds. The molecule has 0 bridgehead atoms. The largest absolute Gasteiger partial charge is 0.492 e. The molecule has 1 atom stereocenters. The molecule has 0 aliphatic carbocycles. The van der Waals surface area contributed by atoms with Crippen molar-refractivity contribution in [3.63, 3.8) is 0 Å². The first-order valence-electron chi connectivity index (χ1n) is 7.62. The zero-order valence-electron chi connectivity index (χ0n) is 13.3. The number of nitrogens with one attached hydrogen (secondary N) is 1. The number of hydrogen-bond acceptors (Lipinski definition) is 3. The highest BCUT2D eigenvalue weighted by Crippen LogP contribution is 2.22. The average molecular weight is 276 g/mol. The fourth-order valence-electron chi connectivity index (χ4n) is 2.52. The Morgan fingerprint density at radius 1 is 1.30 bits per heavy atom. The average Bonchev–Trinajstić information content (AvgIpc) is 2.57. The van der Waals surface area contributed by atoms with Gasteiger partial charge in [-0.3, -0.25) is 4.90 Å². The summed E-state index contributed by atoms with van der Waals surface area (Å²) in [6.07, 6.45) is 0. The Kier molecular flexibility index (Phi) is 5.06. The van der Waals surface area contributed by atoms with E-state index in [9.17, 15) is 0 Å². The molecule has 1 aromatic rings. The maximum absolute atomic E-state index is 5.82. The van der Waals surface area contributed by atoms with Crippen molar-refractivity contribution in [2.75, 3.05) is 26.2 Å². The summed E-state index contributed by atoms with van der Waals surface area (Å²) in [7, 11) is 0. The van der Waals surface area contributed by atoms with Crippen LogP contribution in [0.5, 0.6) is 5.75 Å². The van der Waals surface area contributed by atoms with Gasteiger partial charge in [0, 0.05) is 30.7 Å². The molecule has 0 aromatic heterocycles. The second-order valence-corrected chi connectivity index (χ2v) is 6.93. The summed E-state index contributed by atoms with van der Waals surface area (Å²) in [5.41, 5.74) is 1.50. The first kappa shape index (κ1) is 15.3. The second kappa shape index (κ2) is 6.59. The number of benzene rings is 1. The van der Waals surface area contributed by atoms with Gasteiger partial charge >= 0.3 is 0 Å². The number of ether oxygens (including phenoxy) is 1. The molecular weight excluding hydrogens is 248 g/mol. The van der Waals surface area contributed by atoms with Gasteiger partial charge in [0.05, 0.1) is 0 Å². The van der Waals surface area contributed by atoms with Crippen LogP contribution in [0.1, 0.15) is 33.3 Å². The van der Waals surface area contributed by atoms with Crippen LogP contribution in [0.15, 0.2) is 24.3 Å². The maximum atomic E-state index is 5.82. The Morgan fingerprint density at radius 2 is 2.05 bits per heavy atom. The summed E-state index contributed by atoms with van der Waals surface area (Å²) < 4.78 is 5.82. The summed E-state index contributed by atoms with van der Waals surface area (Å²) in [6.45, 7) is 13.9. The molecule has 0 spiro atoms. The molecule has 1 unspecified atom stereocenters. The van der Waals surface area contributed by atoms with E-state index in [1.807, 2.05) is 6.07 Å². The highest BCUT2D eigenvalue weighted by molar-refractivity contribution is 5.33. The Bertz CT molecular complexity index is 425. The van der Waals surface area contributed by atoms with Crippen molar-refractivity contribution in [2.45, 2.75) is 39.8 Å². The van der Waals surface area contributed by atoms with Gasteiger partial charge in [-0.25, -0.2) is 0 Å². The van der Waals surface area contributed by atoms with Crippen LogP contribution in [0.25, 0.3) is 0 Å². The molecular formula is C17H28N2O. The molecule has 1 N–H and O–H groups in total. The van der Waals surface area contributed by atoms with E-state index in [4.69, 9.17) is 4.74 Å². The maximum Gasteiger partial charge on any atom is 0.123 e. The van der Waals surface area contributed by atoms with Crippen LogP contribution in [-0.2, 0) is 6.54 Å². The molecule has 1 aliphatic rings. The summed E-state index contributed by atoms with van der Waals surface area (Å²) in [5, 5.41) is 3.59. The molecule has 1 heterocycles. The summed E-state index contributed by atoms with van der Waals surface area (Å²) in [5.74, 6) is 1.69. The van der Waals surface area contributed by atoms with Crippen molar-refractivity contribution in [1.29, 1.82) is 0 Å². The lowest BCUT2D eigenvalue weighted by molar-refractivity contribution is 0.197. The molecule has 0 saturated heterocycles. The monoisotopic (exact) mass is 276 g/mol. The van der Waals surface area contributed by atoms with E-state index in [-0.39, 0.29) is 5.54 Å². The van der Waals surface area contributed by atoms with Crippen LogP contribution in [0.3, 0.4) is 0 Å². The van der Waals surface area contributed by atoms with Crippen molar-refractivity contribution in [3.8, 4) is 5.75 Å². The van der Waals surface area contributed by atoms with Crippen LogP contribution in [0.4, 0.5) is 0 Å². The molecule has 112 valence electrons. The number of para-hydroxylation sites is 1. The smallest absolute Gasteiger partial charge is 0.123 e. The van der Waals surface area contributed by atoms with Crippen LogP contribution in [0.2, 0.25) is 0 Å². The van der Waals surface area contributed by atoms with Gasteiger partial charge in [0.15, 0.2) is 0 Å². The van der Waals surface area contributed by atoms with Crippen LogP contribution in [0, 0.1) is 5.92 Å². The second-order valence-electron chi connectivity index (χ2n) is 6.93. The standard InChI is InChI=1S/C17H28N2O/c1-14(11-18-17(2,3)4)12-19-9-10-20-16-8-6-5-7-15(16)13-19/h5-8,14,18H,9-13H2,1-4H3. The third kappa shape index (κ3) is 4.80. The van der Waals surface area contributed by atoms with Gasteiger partial charge in [-0.15, -0.1) is 0 Å². The van der Waals surface area contributed by atoms with Gasteiger partial charge < -0.3 is 10.1 Å². The predicted molar refractivity (Wildman–Crippen MR) is 84.1 cm³/mol. The lowest BCUT2D eigenvalue weighted by Gasteiger charge is -2.27. The van der Waals surface area contributed by atoms with E-state index in [1.54, 1.807) is 0 Å². The minimum Gasteiger partial charge on any atom is -0.492 e. The fourth-order valence-corrected chi connectivity index (χ4v) is 2.52. The number of fused-ring (bicyclic) bond motifs is 1. The van der Waals surface area contributed by atoms with Gasteiger partial charge in [0.2, 0.25) is 0 Å². The molecule has 1 aliphatic heterocycles. The Morgan fingerprint density at radius 3 is 2.80 bits per heavy atom. The molecule has 0 fully saturated rings. The molecule has 0 saturated carbocycles. The highest BCUT2D eigenvalue weighted by Gasteiger charge is 2.18. The fraction of sp³-hybridized carbons (Fsp3) is 0.647. The molecule has 2 rings (SSSR count). The number of nitrogens with zero attached hydrogens (tertiary/aromatic N) is 1. The zero-order valence-corrected chi connectivity index (χ0v) is 13.3. The summed E-state index contributed by atoms with van der Waals surface area (Å²) in [6, 6.07) is 8.38. The first-order valence-corrected chi connectivity index (χ1v) is 7.62. The first-order chi connectivity index (χ1) is 9.44. The van der Waals surface area contributed by atoms with Crippen LogP contribution >= 0.6 is 0 Å². The van der Waals surface area contributed by atoms with E-state index in [1.165, 1.54) is 5.56 Å². The Balaban J connectivity index is 1.87. The normalized spacial score (nSPS) is 18.0. The van der Waals surface area contributed by atoms with Crippen molar-refractivity contribution in [1.82, 2.24) is 10.2 Å². The van der Waals surface area contributed by atoms with Gasteiger partial charge in [-0.2, -0.15) is 0 Å². The van der Waals surface area contributed by atoms with Crippen molar-refractivity contribution in [3.05, 3.63) is 29.8 Å². The van der Waals surface area contributed by atoms with Gasteiger partial charge in [0.25, 0.3) is 0 Å². The number of rotatable bonds is 4. The van der Waals surface area contributed by atoms with Gasteiger partial charge in [-0.05, 0) is 39.3 Å². The summed E-state index contributed by atoms with van der Waals surface area (Å²) >= 11 is 0. The van der Waals surface area contributed by atoms with Crippen LogP contribution < -0.4 is 10.1 Å². The van der Waals surface area contributed by atoms with E-state index < -0.39 is 0 Å². The lowest BCUT2D eigenvalue weighted by atomic mass is 10.1. The van der Waals surface area contributed by atoms with E-state index >= 15 is 0 Å². The van der Waals surface area contributed by atoms with E-state index in [2.05, 4.69) is 56.1 Å². The molecule has 3 nitrogen and oxygen atoms in total. The SMILES string of the molecule is CC(CNC(C)(C)C)CN1CCOc2ccccc2C1. The third-order valence-electron chi connectivity index (χ3n) is 3.58.